The minimum absolute atomic E-state index is 0.854. The monoisotopic (exact) mass is 270 g/mol. The highest BCUT2D eigenvalue weighted by molar-refractivity contribution is 4.57. The summed E-state index contributed by atoms with van der Waals surface area (Å²) in [6.07, 6.45) is 8.58. The summed E-state index contributed by atoms with van der Waals surface area (Å²) in [6, 6.07) is 0.900. The van der Waals surface area contributed by atoms with Crippen LogP contribution < -0.4 is 10.2 Å². The summed E-state index contributed by atoms with van der Waals surface area (Å²) in [5.41, 5.74) is 0. The molecule has 1 fully saturated rings. The van der Waals surface area contributed by atoms with Crippen molar-refractivity contribution in [2.45, 2.75) is 72.3 Å². The van der Waals surface area contributed by atoms with Crippen LogP contribution in [-0.2, 0) is 0 Å². The Labute approximate surface area is 121 Å². The second-order valence-electron chi connectivity index (χ2n) is 7.45. The Morgan fingerprint density at radius 1 is 0.947 bits per heavy atom. The van der Waals surface area contributed by atoms with Gasteiger partial charge in [0.25, 0.3) is 0 Å². The Balaban J connectivity index is 2.36. The van der Waals surface area contributed by atoms with E-state index in [1.165, 1.54) is 64.7 Å². The largest absolute Gasteiger partial charge is 0.339 e. The van der Waals surface area contributed by atoms with Gasteiger partial charge in [0.15, 0.2) is 0 Å². The first-order chi connectivity index (χ1) is 9.08. The predicted molar refractivity (Wildman–Crippen MR) is 83.5 cm³/mol. The predicted octanol–water partition coefficient (Wildman–Crippen LogP) is 1.47. The minimum atomic E-state index is 0.854. The third-order valence-electron chi connectivity index (χ3n) is 4.48. The van der Waals surface area contributed by atoms with Gasteiger partial charge in [-0.05, 0) is 43.9 Å². The summed E-state index contributed by atoms with van der Waals surface area (Å²) in [6.45, 7) is 15.0. The van der Waals surface area contributed by atoms with Crippen LogP contribution in [0.4, 0.5) is 0 Å². The van der Waals surface area contributed by atoms with Gasteiger partial charge in [0.1, 0.15) is 12.6 Å². The van der Waals surface area contributed by atoms with Gasteiger partial charge in [-0.25, -0.2) is 0 Å². The van der Waals surface area contributed by atoms with Crippen molar-refractivity contribution in [3.05, 3.63) is 0 Å². The molecule has 19 heavy (non-hydrogen) atoms. The van der Waals surface area contributed by atoms with E-state index in [-0.39, 0.29) is 0 Å². The highest BCUT2D eigenvalue weighted by atomic mass is 15.1. The van der Waals surface area contributed by atoms with E-state index in [1.54, 1.807) is 0 Å². The topological polar surface area (TPSA) is 21.1 Å². The molecule has 114 valence electrons. The van der Waals surface area contributed by atoms with E-state index in [9.17, 15) is 0 Å². The molecule has 0 radical (unpaired) electrons. The number of nitrogens with one attached hydrogen (secondary N) is 1. The maximum atomic E-state index is 2.64. The molecule has 2 nitrogen and oxygen atoms in total. The van der Waals surface area contributed by atoms with Crippen LogP contribution in [0.5, 0.6) is 0 Å². The molecule has 0 unspecified atom stereocenters. The van der Waals surface area contributed by atoms with Gasteiger partial charge in [0.2, 0.25) is 0 Å². The molecule has 3 N–H and O–H groups in total. The Bertz CT molecular complexity index is 193. The van der Waals surface area contributed by atoms with Crippen molar-refractivity contribution in [1.82, 2.24) is 0 Å². The van der Waals surface area contributed by atoms with Crippen LogP contribution in [-0.4, -0.2) is 32.2 Å². The van der Waals surface area contributed by atoms with Crippen LogP contribution in [0.1, 0.15) is 66.2 Å². The smallest absolute Gasteiger partial charge is 0.135 e. The molecule has 0 aromatic heterocycles. The lowest BCUT2D eigenvalue weighted by atomic mass is 10.1. The molecule has 0 saturated carbocycles. The molecular formula is C17H38N2+2. The fourth-order valence-electron chi connectivity index (χ4n) is 3.07. The molecular weight excluding hydrogens is 232 g/mol. The normalized spacial score (nSPS) is 21.3. The van der Waals surface area contributed by atoms with Gasteiger partial charge in [-0.2, -0.15) is 0 Å². The summed E-state index contributed by atoms with van der Waals surface area (Å²) in [5, 5.41) is 2.64. The lowest BCUT2D eigenvalue weighted by Gasteiger charge is -2.24. The Morgan fingerprint density at radius 2 is 1.58 bits per heavy atom. The van der Waals surface area contributed by atoms with E-state index in [1.807, 2.05) is 4.90 Å². The molecule has 1 aliphatic heterocycles. The average Bonchev–Trinajstić information content (AvgIpc) is 2.60. The van der Waals surface area contributed by atoms with Crippen molar-refractivity contribution in [3.8, 4) is 0 Å². The molecule has 1 saturated heterocycles. The van der Waals surface area contributed by atoms with E-state index in [4.69, 9.17) is 0 Å². The van der Waals surface area contributed by atoms with Crippen molar-refractivity contribution in [2.24, 2.45) is 11.8 Å². The number of nitrogens with two attached hydrogens (primary N) is 1. The first-order valence-electron chi connectivity index (χ1n) is 8.74. The van der Waals surface area contributed by atoms with Crippen LogP contribution in [0.3, 0.4) is 0 Å². The summed E-state index contributed by atoms with van der Waals surface area (Å²) >= 11 is 0. The Kier molecular flexibility index (Phi) is 8.72. The zero-order valence-corrected chi connectivity index (χ0v) is 13.9. The van der Waals surface area contributed by atoms with E-state index < -0.39 is 0 Å². The first-order valence-corrected chi connectivity index (χ1v) is 8.74. The number of hydrogen-bond donors (Lipinski definition) is 2. The zero-order chi connectivity index (χ0) is 14.1. The van der Waals surface area contributed by atoms with Gasteiger partial charge < -0.3 is 10.2 Å². The quantitative estimate of drug-likeness (QED) is 0.666. The van der Waals surface area contributed by atoms with E-state index in [0.29, 0.717) is 0 Å². The van der Waals surface area contributed by atoms with Crippen molar-refractivity contribution in [1.29, 1.82) is 0 Å². The van der Waals surface area contributed by atoms with Gasteiger partial charge in [0.05, 0.1) is 19.6 Å². The summed E-state index contributed by atoms with van der Waals surface area (Å²) in [7, 11) is 0. The zero-order valence-electron chi connectivity index (χ0n) is 13.9. The average molecular weight is 271 g/mol. The second kappa shape index (κ2) is 9.77. The first kappa shape index (κ1) is 17.0. The van der Waals surface area contributed by atoms with Crippen LogP contribution in [0.15, 0.2) is 0 Å². The molecule has 1 heterocycles. The van der Waals surface area contributed by atoms with Crippen molar-refractivity contribution in [3.63, 3.8) is 0 Å². The lowest BCUT2D eigenvalue weighted by molar-refractivity contribution is -0.920. The number of hydrogen-bond acceptors (Lipinski definition) is 0. The SMILES string of the molecule is CC(C)CC[NH+](CCC(C)C)C[C@@H]1CCCCC[NH2+]1. The van der Waals surface area contributed by atoms with E-state index >= 15 is 0 Å². The van der Waals surface area contributed by atoms with Crippen molar-refractivity contribution in [2.75, 3.05) is 26.2 Å². The van der Waals surface area contributed by atoms with E-state index in [2.05, 4.69) is 33.0 Å². The molecule has 1 aliphatic rings. The molecule has 0 aromatic rings. The van der Waals surface area contributed by atoms with Gasteiger partial charge >= 0.3 is 0 Å². The fourth-order valence-corrected chi connectivity index (χ4v) is 3.07. The Hall–Kier alpha value is -0.0800. The summed E-state index contributed by atoms with van der Waals surface area (Å²) in [4.78, 5) is 1.87. The van der Waals surface area contributed by atoms with Crippen molar-refractivity contribution >= 4 is 0 Å². The molecule has 2 heteroatoms. The second-order valence-corrected chi connectivity index (χ2v) is 7.45. The third-order valence-corrected chi connectivity index (χ3v) is 4.48. The van der Waals surface area contributed by atoms with E-state index in [0.717, 1.165) is 17.9 Å². The molecule has 0 aliphatic carbocycles. The summed E-state index contributed by atoms with van der Waals surface area (Å²) in [5.74, 6) is 1.71. The molecule has 0 bridgehead atoms. The Morgan fingerprint density at radius 3 is 2.16 bits per heavy atom. The molecule has 0 aromatic carbocycles. The number of rotatable bonds is 8. The number of quaternary nitrogens is 2. The van der Waals surface area contributed by atoms with Gasteiger partial charge in [-0.3, -0.25) is 0 Å². The van der Waals surface area contributed by atoms with Crippen LogP contribution in [0.2, 0.25) is 0 Å². The molecule has 0 amide bonds. The highest BCUT2D eigenvalue weighted by Crippen LogP contribution is 2.03. The third kappa shape index (κ3) is 8.65. The summed E-state index contributed by atoms with van der Waals surface area (Å²) < 4.78 is 0. The van der Waals surface area contributed by atoms with Gasteiger partial charge in [-0.1, -0.05) is 27.7 Å². The van der Waals surface area contributed by atoms with Crippen LogP contribution >= 0.6 is 0 Å². The maximum absolute atomic E-state index is 2.64. The van der Waals surface area contributed by atoms with Gasteiger partial charge in [-0.15, -0.1) is 0 Å². The standard InChI is InChI=1S/C17H36N2/c1-15(2)9-12-19(13-10-16(3)4)14-17-8-6-5-7-11-18-17/h15-18H,5-14H2,1-4H3/p+2/t17-/m0/s1. The highest BCUT2D eigenvalue weighted by Gasteiger charge is 2.21. The maximum Gasteiger partial charge on any atom is 0.135 e. The van der Waals surface area contributed by atoms with Crippen LogP contribution in [0, 0.1) is 11.8 Å². The van der Waals surface area contributed by atoms with Gasteiger partial charge in [0, 0.05) is 6.42 Å². The van der Waals surface area contributed by atoms with Crippen LogP contribution in [0.25, 0.3) is 0 Å². The molecule has 0 spiro atoms. The molecule has 1 rings (SSSR count). The molecule has 1 atom stereocenters. The lowest BCUT2D eigenvalue weighted by Crippen LogP contribution is -3.16. The minimum Gasteiger partial charge on any atom is -0.339 e. The van der Waals surface area contributed by atoms with Crippen molar-refractivity contribution < 1.29 is 10.2 Å². The fraction of sp³-hybridized carbons (Fsp3) is 1.00.